The minimum absolute atomic E-state index is 0.0412. The van der Waals surface area contributed by atoms with E-state index >= 15 is 0 Å². The molecule has 0 fully saturated rings. The van der Waals surface area contributed by atoms with Gasteiger partial charge in [-0.05, 0) is 38.0 Å². The quantitative estimate of drug-likeness (QED) is 0.888. The van der Waals surface area contributed by atoms with Crippen LogP contribution < -0.4 is 4.74 Å². The molecule has 2 rings (SSSR count). The van der Waals surface area contributed by atoms with Gasteiger partial charge in [0.15, 0.2) is 0 Å². The van der Waals surface area contributed by atoms with Gasteiger partial charge in [0.1, 0.15) is 11.9 Å². The summed E-state index contributed by atoms with van der Waals surface area (Å²) >= 11 is 0. The molecule has 0 aliphatic carbocycles. The lowest BCUT2D eigenvalue weighted by molar-refractivity contribution is 0.179. The molecule has 0 aliphatic heterocycles. The van der Waals surface area contributed by atoms with E-state index in [-0.39, 0.29) is 6.10 Å². The van der Waals surface area contributed by atoms with E-state index in [1.807, 2.05) is 62.4 Å². The van der Waals surface area contributed by atoms with E-state index < -0.39 is 6.10 Å². The van der Waals surface area contributed by atoms with Crippen LogP contribution in [0.25, 0.3) is 0 Å². The van der Waals surface area contributed by atoms with Gasteiger partial charge in [0.25, 0.3) is 0 Å². The summed E-state index contributed by atoms with van der Waals surface area (Å²) in [7, 11) is 0. The van der Waals surface area contributed by atoms with E-state index in [1.54, 1.807) is 6.92 Å². The van der Waals surface area contributed by atoms with Gasteiger partial charge in [-0.25, -0.2) is 0 Å². The molecule has 2 nitrogen and oxygen atoms in total. The normalized spacial score (nSPS) is 13.9. The lowest BCUT2D eigenvalue weighted by Gasteiger charge is -2.19. The number of benzene rings is 2. The Balaban J connectivity index is 2.25. The van der Waals surface area contributed by atoms with Crippen LogP contribution in [0, 0.1) is 6.92 Å². The Bertz CT molecular complexity index is 532. The molecule has 0 bridgehead atoms. The largest absolute Gasteiger partial charge is 0.486 e. The standard InChI is InChI=1S/C17H20O2/c1-12-9-10-16(13(2)18)17(11-12)19-14(3)15-7-5-4-6-8-15/h4-11,13-14,18H,1-3H3/t13-,14?/m1/s1. The molecule has 2 aromatic rings. The molecule has 2 atom stereocenters. The molecule has 0 saturated heterocycles. The van der Waals surface area contributed by atoms with Crippen LogP contribution in [-0.2, 0) is 0 Å². The zero-order valence-electron chi connectivity index (χ0n) is 11.6. The molecule has 100 valence electrons. The van der Waals surface area contributed by atoms with Crippen LogP contribution >= 0.6 is 0 Å². The van der Waals surface area contributed by atoms with Gasteiger partial charge in [-0.3, -0.25) is 0 Å². The van der Waals surface area contributed by atoms with E-state index in [4.69, 9.17) is 4.74 Å². The van der Waals surface area contributed by atoms with Gasteiger partial charge in [-0.2, -0.15) is 0 Å². The lowest BCUT2D eigenvalue weighted by atomic mass is 10.1. The maximum Gasteiger partial charge on any atom is 0.126 e. The van der Waals surface area contributed by atoms with Gasteiger partial charge in [-0.1, -0.05) is 42.5 Å². The topological polar surface area (TPSA) is 29.5 Å². The summed E-state index contributed by atoms with van der Waals surface area (Å²) in [6, 6.07) is 16.0. The minimum Gasteiger partial charge on any atom is -0.486 e. The molecule has 2 heteroatoms. The van der Waals surface area contributed by atoms with E-state index in [9.17, 15) is 5.11 Å². The number of hydrogen-bond donors (Lipinski definition) is 1. The summed E-state index contributed by atoms with van der Waals surface area (Å²) < 4.78 is 6.01. The van der Waals surface area contributed by atoms with Crippen molar-refractivity contribution in [3.63, 3.8) is 0 Å². The van der Waals surface area contributed by atoms with Crippen molar-refractivity contribution in [2.24, 2.45) is 0 Å². The molecular formula is C17H20O2. The number of hydrogen-bond acceptors (Lipinski definition) is 2. The first-order valence-electron chi connectivity index (χ1n) is 6.58. The van der Waals surface area contributed by atoms with E-state index in [1.165, 1.54) is 0 Å². The van der Waals surface area contributed by atoms with Crippen LogP contribution in [-0.4, -0.2) is 5.11 Å². The number of aliphatic hydroxyl groups is 1. The third-order valence-electron chi connectivity index (χ3n) is 3.19. The summed E-state index contributed by atoms with van der Waals surface area (Å²) in [5.41, 5.74) is 3.08. The molecule has 19 heavy (non-hydrogen) atoms. The molecule has 0 aromatic heterocycles. The average Bonchev–Trinajstić information content (AvgIpc) is 2.39. The molecule has 0 saturated carbocycles. The van der Waals surface area contributed by atoms with E-state index in [2.05, 4.69) is 0 Å². The van der Waals surface area contributed by atoms with Crippen molar-refractivity contribution in [3.8, 4) is 5.75 Å². The second-order valence-electron chi connectivity index (χ2n) is 4.89. The number of aliphatic hydroxyl groups excluding tert-OH is 1. The van der Waals surface area contributed by atoms with Crippen molar-refractivity contribution in [2.75, 3.05) is 0 Å². The Hall–Kier alpha value is -1.80. The monoisotopic (exact) mass is 256 g/mol. The van der Waals surface area contributed by atoms with Crippen LogP contribution in [0.3, 0.4) is 0 Å². The van der Waals surface area contributed by atoms with Crippen molar-refractivity contribution in [2.45, 2.75) is 33.0 Å². The van der Waals surface area contributed by atoms with Gasteiger partial charge in [0, 0.05) is 5.56 Å². The molecule has 0 heterocycles. The van der Waals surface area contributed by atoms with Crippen molar-refractivity contribution < 1.29 is 9.84 Å². The van der Waals surface area contributed by atoms with Gasteiger partial charge in [0.05, 0.1) is 6.10 Å². The van der Waals surface area contributed by atoms with Gasteiger partial charge < -0.3 is 9.84 Å². The summed E-state index contributed by atoms with van der Waals surface area (Å²) in [5.74, 6) is 0.756. The van der Waals surface area contributed by atoms with Crippen LogP contribution in [0.5, 0.6) is 5.75 Å². The molecule has 0 spiro atoms. The van der Waals surface area contributed by atoms with Crippen molar-refractivity contribution in [1.29, 1.82) is 0 Å². The Morgan fingerprint density at radius 1 is 1.00 bits per heavy atom. The Morgan fingerprint density at radius 2 is 1.68 bits per heavy atom. The van der Waals surface area contributed by atoms with Crippen molar-refractivity contribution in [1.82, 2.24) is 0 Å². The first kappa shape index (κ1) is 13.6. The molecule has 0 amide bonds. The van der Waals surface area contributed by atoms with Crippen LogP contribution in [0.1, 0.15) is 42.7 Å². The second-order valence-corrected chi connectivity index (χ2v) is 4.89. The zero-order chi connectivity index (χ0) is 13.8. The highest BCUT2D eigenvalue weighted by Crippen LogP contribution is 2.30. The molecule has 0 aliphatic rings. The van der Waals surface area contributed by atoms with Crippen LogP contribution in [0.15, 0.2) is 48.5 Å². The maximum absolute atomic E-state index is 9.80. The minimum atomic E-state index is -0.529. The molecule has 1 N–H and O–H groups in total. The Kier molecular flexibility index (Phi) is 4.23. The lowest BCUT2D eigenvalue weighted by Crippen LogP contribution is -2.06. The molecule has 1 unspecified atom stereocenters. The second kappa shape index (κ2) is 5.89. The third-order valence-corrected chi connectivity index (χ3v) is 3.19. The predicted molar refractivity (Wildman–Crippen MR) is 77.3 cm³/mol. The fraction of sp³-hybridized carbons (Fsp3) is 0.294. The summed E-state index contributed by atoms with van der Waals surface area (Å²) in [4.78, 5) is 0. The predicted octanol–water partition coefficient (Wildman–Crippen LogP) is 4.19. The van der Waals surface area contributed by atoms with Crippen molar-refractivity contribution >= 4 is 0 Å². The Morgan fingerprint density at radius 3 is 2.32 bits per heavy atom. The van der Waals surface area contributed by atoms with Gasteiger partial charge in [0.2, 0.25) is 0 Å². The maximum atomic E-state index is 9.80. The van der Waals surface area contributed by atoms with Crippen molar-refractivity contribution in [3.05, 3.63) is 65.2 Å². The SMILES string of the molecule is Cc1ccc([C@@H](C)O)c(OC(C)c2ccccc2)c1. The molecule has 0 radical (unpaired) electrons. The van der Waals surface area contributed by atoms with E-state index in [0.717, 1.165) is 22.4 Å². The smallest absolute Gasteiger partial charge is 0.126 e. The average molecular weight is 256 g/mol. The highest BCUT2D eigenvalue weighted by atomic mass is 16.5. The van der Waals surface area contributed by atoms with Gasteiger partial charge in [-0.15, -0.1) is 0 Å². The van der Waals surface area contributed by atoms with Crippen LogP contribution in [0.4, 0.5) is 0 Å². The summed E-state index contributed by atoms with van der Waals surface area (Å²) in [5, 5.41) is 9.80. The highest BCUT2D eigenvalue weighted by Gasteiger charge is 2.13. The fourth-order valence-electron chi connectivity index (χ4n) is 2.07. The Labute approximate surface area is 114 Å². The molecular weight excluding hydrogens is 236 g/mol. The fourth-order valence-corrected chi connectivity index (χ4v) is 2.07. The summed E-state index contributed by atoms with van der Waals surface area (Å²) in [6.45, 7) is 5.79. The van der Waals surface area contributed by atoms with Gasteiger partial charge >= 0.3 is 0 Å². The first-order valence-corrected chi connectivity index (χ1v) is 6.58. The number of aryl methyl sites for hydroxylation is 1. The summed E-state index contributed by atoms with van der Waals surface area (Å²) in [6.07, 6.45) is -0.570. The number of ether oxygens (including phenoxy) is 1. The highest BCUT2D eigenvalue weighted by molar-refractivity contribution is 5.39. The van der Waals surface area contributed by atoms with Crippen LogP contribution in [0.2, 0.25) is 0 Å². The number of rotatable bonds is 4. The zero-order valence-corrected chi connectivity index (χ0v) is 11.6. The van der Waals surface area contributed by atoms with E-state index in [0.29, 0.717) is 0 Å². The first-order chi connectivity index (χ1) is 9.08. The molecule has 2 aromatic carbocycles. The third kappa shape index (κ3) is 3.36.